The van der Waals surface area contributed by atoms with Crippen LogP contribution in [0.2, 0.25) is 0 Å². The lowest BCUT2D eigenvalue weighted by Gasteiger charge is -2.15. The van der Waals surface area contributed by atoms with E-state index in [2.05, 4.69) is 15.3 Å². The normalized spacial score (nSPS) is 24.7. The lowest BCUT2D eigenvalue weighted by atomic mass is 10.0. The topological polar surface area (TPSA) is 115 Å². The third-order valence-electron chi connectivity index (χ3n) is 3.89. The summed E-state index contributed by atoms with van der Waals surface area (Å²) in [5.41, 5.74) is -0.487. The standard InChI is InChI=1S/C13H17N5O4/c1-8-5-18(13(21)15-12(8)20)11-4-9(10(7-19)22-11)6-17-3-2-14-16-17/h2-3,5,9-11,19H,4,6-7H2,1H3,(H,15,20,21)/t9-,10-,11-/m1/s1. The van der Waals surface area contributed by atoms with E-state index in [-0.39, 0.29) is 12.5 Å². The van der Waals surface area contributed by atoms with Gasteiger partial charge in [-0.2, -0.15) is 0 Å². The van der Waals surface area contributed by atoms with Crippen LogP contribution in [-0.4, -0.2) is 42.4 Å². The summed E-state index contributed by atoms with van der Waals surface area (Å²) in [5, 5.41) is 17.1. The number of hydrogen-bond donors (Lipinski definition) is 2. The minimum absolute atomic E-state index is 0.00386. The van der Waals surface area contributed by atoms with Crippen molar-refractivity contribution < 1.29 is 9.84 Å². The summed E-state index contributed by atoms with van der Waals surface area (Å²) in [7, 11) is 0. The van der Waals surface area contributed by atoms with Crippen molar-refractivity contribution in [2.75, 3.05) is 6.61 Å². The number of aromatic nitrogens is 5. The van der Waals surface area contributed by atoms with Crippen LogP contribution in [0.5, 0.6) is 0 Å². The Morgan fingerprint density at radius 3 is 3.00 bits per heavy atom. The van der Waals surface area contributed by atoms with E-state index in [1.54, 1.807) is 24.0 Å². The number of ether oxygens (including phenoxy) is 1. The van der Waals surface area contributed by atoms with E-state index < -0.39 is 23.6 Å². The maximum atomic E-state index is 11.9. The fourth-order valence-corrected chi connectivity index (χ4v) is 2.71. The summed E-state index contributed by atoms with van der Waals surface area (Å²) >= 11 is 0. The SMILES string of the molecule is Cc1cn([C@H]2C[C@H](Cn3ccnn3)[C@@H](CO)O2)c(=O)[nH]c1=O. The third-order valence-corrected chi connectivity index (χ3v) is 3.89. The number of aliphatic hydroxyl groups is 1. The molecule has 0 aromatic carbocycles. The molecule has 1 saturated heterocycles. The zero-order valence-electron chi connectivity index (χ0n) is 12.0. The summed E-state index contributed by atoms with van der Waals surface area (Å²) in [6, 6.07) is 0. The zero-order valence-corrected chi connectivity index (χ0v) is 12.0. The molecule has 2 aromatic heterocycles. The molecule has 0 radical (unpaired) electrons. The molecule has 0 aliphatic carbocycles. The summed E-state index contributed by atoms with van der Waals surface area (Å²) in [6.07, 6.45) is 4.42. The van der Waals surface area contributed by atoms with Crippen LogP contribution in [0.1, 0.15) is 18.2 Å². The van der Waals surface area contributed by atoms with Crippen LogP contribution >= 0.6 is 0 Å². The zero-order chi connectivity index (χ0) is 15.7. The maximum absolute atomic E-state index is 11.9. The molecule has 3 rings (SSSR count). The van der Waals surface area contributed by atoms with Gasteiger partial charge in [-0.25, -0.2) is 4.79 Å². The quantitative estimate of drug-likeness (QED) is 0.751. The van der Waals surface area contributed by atoms with Gasteiger partial charge in [-0.15, -0.1) is 5.10 Å². The van der Waals surface area contributed by atoms with Gasteiger partial charge in [0.2, 0.25) is 0 Å². The van der Waals surface area contributed by atoms with Crippen molar-refractivity contribution in [3.63, 3.8) is 0 Å². The van der Waals surface area contributed by atoms with Gasteiger partial charge in [0.15, 0.2) is 0 Å². The first-order chi connectivity index (χ1) is 10.6. The molecule has 22 heavy (non-hydrogen) atoms. The van der Waals surface area contributed by atoms with Crippen LogP contribution in [0.25, 0.3) is 0 Å². The molecule has 2 N–H and O–H groups in total. The van der Waals surface area contributed by atoms with Crippen molar-refractivity contribution in [2.24, 2.45) is 5.92 Å². The maximum Gasteiger partial charge on any atom is 0.330 e. The Morgan fingerprint density at radius 1 is 1.50 bits per heavy atom. The lowest BCUT2D eigenvalue weighted by Crippen LogP contribution is -2.33. The van der Waals surface area contributed by atoms with E-state index in [9.17, 15) is 14.7 Å². The molecule has 0 saturated carbocycles. The van der Waals surface area contributed by atoms with E-state index in [4.69, 9.17) is 4.74 Å². The van der Waals surface area contributed by atoms with Crippen LogP contribution in [-0.2, 0) is 11.3 Å². The predicted octanol–water partition coefficient (Wildman–Crippen LogP) is -0.967. The molecule has 118 valence electrons. The molecule has 1 aliphatic rings. The molecular formula is C13H17N5O4. The summed E-state index contributed by atoms with van der Waals surface area (Å²) in [4.78, 5) is 25.6. The first-order valence-corrected chi connectivity index (χ1v) is 7.01. The van der Waals surface area contributed by atoms with E-state index in [1.165, 1.54) is 10.8 Å². The Labute approximate surface area is 125 Å². The second kappa shape index (κ2) is 5.85. The highest BCUT2D eigenvalue weighted by Crippen LogP contribution is 2.33. The first-order valence-electron chi connectivity index (χ1n) is 7.01. The van der Waals surface area contributed by atoms with Crippen molar-refractivity contribution in [3.8, 4) is 0 Å². The second-order valence-corrected chi connectivity index (χ2v) is 5.41. The van der Waals surface area contributed by atoms with Crippen LogP contribution in [0.4, 0.5) is 0 Å². The van der Waals surface area contributed by atoms with Crippen LogP contribution in [0.15, 0.2) is 28.2 Å². The Kier molecular flexibility index (Phi) is 3.90. The third kappa shape index (κ3) is 2.72. The van der Waals surface area contributed by atoms with Gasteiger partial charge >= 0.3 is 5.69 Å². The highest BCUT2D eigenvalue weighted by Gasteiger charge is 2.36. The van der Waals surface area contributed by atoms with E-state index in [1.807, 2.05) is 0 Å². The Balaban J connectivity index is 1.83. The first kappa shape index (κ1) is 14.7. The van der Waals surface area contributed by atoms with Gasteiger partial charge in [0.1, 0.15) is 6.23 Å². The molecular weight excluding hydrogens is 290 g/mol. The smallest absolute Gasteiger partial charge is 0.330 e. The predicted molar refractivity (Wildman–Crippen MR) is 75.2 cm³/mol. The van der Waals surface area contributed by atoms with Crippen molar-refractivity contribution in [1.82, 2.24) is 24.5 Å². The van der Waals surface area contributed by atoms with Crippen LogP contribution in [0, 0.1) is 12.8 Å². The summed E-state index contributed by atoms with van der Waals surface area (Å²) in [6.45, 7) is 2.02. The number of nitrogens with zero attached hydrogens (tertiary/aromatic N) is 4. The summed E-state index contributed by atoms with van der Waals surface area (Å²) < 4.78 is 8.79. The van der Waals surface area contributed by atoms with E-state index in [0.29, 0.717) is 18.5 Å². The van der Waals surface area contributed by atoms with E-state index in [0.717, 1.165) is 0 Å². The molecule has 0 bridgehead atoms. The van der Waals surface area contributed by atoms with Gasteiger partial charge in [0.25, 0.3) is 5.56 Å². The molecule has 1 fully saturated rings. The van der Waals surface area contributed by atoms with Gasteiger partial charge in [-0.3, -0.25) is 19.0 Å². The van der Waals surface area contributed by atoms with Gasteiger partial charge in [-0.1, -0.05) is 5.21 Å². The summed E-state index contributed by atoms with van der Waals surface area (Å²) in [5.74, 6) is -0.00386. The van der Waals surface area contributed by atoms with Gasteiger partial charge in [0.05, 0.1) is 18.9 Å². The van der Waals surface area contributed by atoms with Crippen LogP contribution in [0.3, 0.4) is 0 Å². The highest BCUT2D eigenvalue weighted by atomic mass is 16.5. The number of aromatic amines is 1. The second-order valence-electron chi connectivity index (χ2n) is 5.41. The molecule has 3 atom stereocenters. The fraction of sp³-hybridized carbons (Fsp3) is 0.538. The molecule has 1 aliphatic heterocycles. The minimum Gasteiger partial charge on any atom is -0.394 e. The van der Waals surface area contributed by atoms with Crippen molar-refractivity contribution >= 4 is 0 Å². The highest BCUT2D eigenvalue weighted by molar-refractivity contribution is 5.02. The molecule has 0 unspecified atom stereocenters. The number of aryl methyl sites for hydroxylation is 1. The number of nitrogens with one attached hydrogen (secondary N) is 1. The molecule has 9 nitrogen and oxygen atoms in total. The fourth-order valence-electron chi connectivity index (χ4n) is 2.71. The largest absolute Gasteiger partial charge is 0.394 e. The van der Waals surface area contributed by atoms with Gasteiger partial charge in [0, 0.05) is 30.4 Å². The lowest BCUT2D eigenvalue weighted by molar-refractivity contribution is -0.0341. The Bertz CT molecular complexity index is 751. The van der Waals surface area contributed by atoms with Gasteiger partial charge < -0.3 is 9.84 Å². The number of hydrogen-bond acceptors (Lipinski definition) is 6. The van der Waals surface area contributed by atoms with E-state index >= 15 is 0 Å². The van der Waals surface area contributed by atoms with Crippen molar-refractivity contribution in [1.29, 1.82) is 0 Å². The van der Waals surface area contributed by atoms with Crippen molar-refractivity contribution in [2.45, 2.75) is 32.2 Å². The average molecular weight is 307 g/mol. The Morgan fingerprint density at radius 2 is 2.32 bits per heavy atom. The average Bonchev–Trinajstić information content (AvgIpc) is 3.13. The number of rotatable bonds is 4. The van der Waals surface area contributed by atoms with Gasteiger partial charge in [-0.05, 0) is 13.3 Å². The molecule has 3 heterocycles. The number of H-pyrrole nitrogens is 1. The molecule has 9 heteroatoms. The molecule has 0 spiro atoms. The van der Waals surface area contributed by atoms with Crippen molar-refractivity contribution in [3.05, 3.63) is 45.0 Å². The van der Waals surface area contributed by atoms with Crippen LogP contribution < -0.4 is 11.2 Å². The monoisotopic (exact) mass is 307 g/mol. The molecule has 0 amide bonds. The molecule has 2 aromatic rings. The minimum atomic E-state index is -0.520. The number of aliphatic hydroxyl groups excluding tert-OH is 1. The Hall–Kier alpha value is -2.26.